The third kappa shape index (κ3) is 6.73. The molecule has 2 amide bonds. The van der Waals surface area contributed by atoms with Gasteiger partial charge >= 0.3 is 5.69 Å². The number of carbonyl (C=O) groups is 2. The molecule has 3 rings (SSSR count). The van der Waals surface area contributed by atoms with Crippen LogP contribution in [0.5, 0.6) is 0 Å². The first kappa shape index (κ1) is 28.3. The van der Waals surface area contributed by atoms with Crippen LogP contribution in [0.2, 0.25) is 0 Å². The van der Waals surface area contributed by atoms with E-state index in [0.717, 1.165) is 0 Å². The Morgan fingerprint density at radius 2 is 1.14 bits per heavy atom. The van der Waals surface area contributed by atoms with Crippen molar-refractivity contribution in [2.24, 2.45) is 0 Å². The van der Waals surface area contributed by atoms with Crippen molar-refractivity contribution in [1.82, 2.24) is 25.0 Å². The van der Waals surface area contributed by atoms with Crippen LogP contribution in [-0.4, -0.2) is 33.7 Å². The largest absolute Gasteiger partial charge is 0.351 e. The zero-order valence-corrected chi connectivity index (χ0v) is 22.3. The molecular formula is C21H15Cl6N5O4. The maximum Gasteiger partial charge on any atom is 0.351 e. The summed E-state index contributed by atoms with van der Waals surface area (Å²) < 4.78 is -3.78. The van der Waals surface area contributed by atoms with Gasteiger partial charge in [0.2, 0.25) is 7.59 Å². The minimum absolute atomic E-state index is 0.161. The fourth-order valence-electron chi connectivity index (χ4n) is 3.01. The second-order valence-corrected chi connectivity index (χ2v) is 11.9. The Morgan fingerprint density at radius 3 is 1.56 bits per heavy atom. The molecule has 9 nitrogen and oxygen atoms in total. The van der Waals surface area contributed by atoms with Crippen molar-refractivity contribution in [3.8, 4) is 0 Å². The summed E-state index contributed by atoms with van der Waals surface area (Å²) in [6.07, 6.45) is -2.85. The Bertz CT molecular complexity index is 1350. The van der Waals surface area contributed by atoms with Crippen molar-refractivity contribution in [3.05, 3.63) is 98.8 Å². The van der Waals surface area contributed by atoms with Gasteiger partial charge in [-0.25, -0.2) is 9.36 Å². The van der Waals surface area contributed by atoms with Gasteiger partial charge in [-0.1, -0.05) is 106 Å². The van der Waals surface area contributed by atoms with E-state index in [4.69, 9.17) is 69.6 Å². The van der Waals surface area contributed by atoms with Crippen LogP contribution in [-0.2, 0) is 0 Å². The van der Waals surface area contributed by atoms with Gasteiger partial charge in [-0.15, -0.1) is 0 Å². The van der Waals surface area contributed by atoms with Gasteiger partial charge in [0, 0.05) is 11.1 Å². The molecular weight excluding hydrogens is 599 g/mol. The van der Waals surface area contributed by atoms with Crippen molar-refractivity contribution in [1.29, 1.82) is 0 Å². The van der Waals surface area contributed by atoms with Crippen LogP contribution in [0.25, 0.3) is 0 Å². The molecule has 2 atom stereocenters. The van der Waals surface area contributed by atoms with E-state index in [1.807, 2.05) is 0 Å². The molecule has 0 unspecified atom stereocenters. The molecule has 15 heteroatoms. The van der Waals surface area contributed by atoms with E-state index < -0.39 is 43.0 Å². The Kier molecular flexibility index (Phi) is 8.97. The Morgan fingerprint density at radius 1 is 0.722 bits per heavy atom. The van der Waals surface area contributed by atoms with Crippen molar-refractivity contribution >= 4 is 81.4 Å². The monoisotopic (exact) mass is 611 g/mol. The van der Waals surface area contributed by atoms with E-state index in [2.05, 4.69) is 15.7 Å². The van der Waals surface area contributed by atoms with Gasteiger partial charge in [-0.3, -0.25) is 14.4 Å². The average molecular weight is 614 g/mol. The number of nitrogens with zero attached hydrogens (tertiary/aromatic N) is 3. The first-order valence-electron chi connectivity index (χ1n) is 9.86. The first-order valence-corrected chi connectivity index (χ1v) is 12.1. The number of amides is 2. The molecule has 1 aromatic heterocycles. The number of carbonyl (C=O) groups excluding carboxylic acids is 2. The van der Waals surface area contributed by atoms with Crippen LogP contribution in [0.4, 0.5) is 0 Å². The highest BCUT2D eigenvalue weighted by Crippen LogP contribution is 2.37. The zero-order chi connectivity index (χ0) is 26.7. The minimum Gasteiger partial charge on any atom is -0.328 e. The summed E-state index contributed by atoms with van der Waals surface area (Å²) in [4.78, 5) is 51.5. The molecule has 0 spiro atoms. The molecule has 0 saturated heterocycles. The molecule has 0 aliphatic heterocycles. The second-order valence-electron chi connectivity index (χ2n) is 7.15. The molecule has 2 N–H and O–H groups in total. The number of rotatable bonds is 6. The Balaban J connectivity index is 2.08. The lowest BCUT2D eigenvalue weighted by Gasteiger charge is -2.29. The number of hydrogen-bond acceptors (Lipinski definition) is 5. The first-order chi connectivity index (χ1) is 16.8. The van der Waals surface area contributed by atoms with E-state index in [-0.39, 0.29) is 11.1 Å². The predicted molar refractivity (Wildman–Crippen MR) is 139 cm³/mol. The standard InChI is InChI=1S/C21H15Cl6N5O4/c22-20(23,24)17(29-15(34)12-7-3-1-4-8-12)31-14(33)11-28-32(19(31)36)18(21(25,26)27)30-16(35)13-9-5-2-6-10-13/h1-11,17-18H,(H,29,34)(H,30,35)/t17-,18-/m0/s1. The molecule has 36 heavy (non-hydrogen) atoms. The SMILES string of the molecule is O=C(N[C@@H](n1ncc(=O)n([C@H](NC(=O)c2ccccc2)C(Cl)(Cl)Cl)c1=O)C(Cl)(Cl)Cl)c1ccccc1. The van der Waals surface area contributed by atoms with Crippen molar-refractivity contribution < 1.29 is 9.59 Å². The van der Waals surface area contributed by atoms with E-state index in [1.54, 1.807) is 36.4 Å². The van der Waals surface area contributed by atoms with Crippen molar-refractivity contribution in [2.45, 2.75) is 19.9 Å². The van der Waals surface area contributed by atoms with Gasteiger partial charge in [0.05, 0.1) is 0 Å². The van der Waals surface area contributed by atoms with Gasteiger partial charge in [0.25, 0.3) is 17.4 Å². The summed E-state index contributed by atoms with van der Waals surface area (Å²) in [5, 5.41) is 8.44. The highest BCUT2D eigenvalue weighted by atomic mass is 35.6. The van der Waals surface area contributed by atoms with E-state index in [0.29, 0.717) is 15.4 Å². The highest BCUT2D eigenvalue weighted by Gasteiger charge is 2.41. The molecule has 2 aromatic carbocycles. The van der Waals surface area contributed by atoms with Gasteiger partial charge < -0.3 is 10.6 Å². The Hall–Kier alpha value is -2.27. The lowest BCUT2D eigenvalue weighted by molar-refractivity contribution is 0.0912. The summed E-state index contributed by atoms with van der Waals surface area (Å²) in [6.45, 7) is 0. The van der Waals surface area contributed by atoms with E-state index >= 15 is 0 Å². The van der Waals surface area contributed by atoms with Crippen molar-refractivity contribution in [3.63, 3.8) is 0 Å². The quantitative estimate of drug-likeness (QED) is 0.408. The van der Waals surface area contributed by atoms with Crippen LogP contribution in [0.3, 0.4) is 0 Å². The van der Waals surface area contributed by atoms with Gasteiger partial charge in [0.15, 0.2) is 12.3 Å². The van der Waals surface area contributed by atoms with Gasteiger partial charge in [-0.2, -0.15) is 9.78 Å². The van der Waals surface area contributed by atoms with Gasteiger partial charge in [0.1, 0.15) is 6.20 Å². The van der Waals surface area contributed by atoms with Gasteiger partial charge in [-0.05, 0) is 24.3 Å². The summed E-state index contributed by atoms with van der Waals surface area (Å²) >= 11 is 36.2. The molecule has 0 bridgehead atoms. The summed E-state index contributed by atoms with van der Waals surface area (Å²) in [6, 6.07) is 15.7. The second kappa shape index (κ2) is 11.4. The lowest BCUT2D eigenvalue weighted by atomic mass is 10.2. The topological polar surface area (TPSA) is 115 Å². The summed E-state index contributed by atoms with van der Waals surface area (Å²) in [5.41, 5.74) is -1.95. The molecule has 190 valence electrons. The van der Waals surface area contributed by atoms with Crippen LogP contribution >= 0.6 is 69.6 Å². The predicted octanol–water partition coefficient (Wildman–Crippen LogP) is 4.00. The molecule has 0 radical (unpaired) electrons. The molecule has 1 heterocycles. The maximum atomic E-state index is 13.4. The summed E-state index contributed by atoms with van der Waals surface area (Å²) in [7, 11) is 0. The van der Waals surface area contributed by atoms with Crippen molar-refractivity contribution in [2.75, 3.05) is 0 Å². The minimum atomic E-state index is -2.39. The number of halogens is 6. The smallest absolute Gasteiger partial charge is 0.328 e. The fourth-order valence-corrected chi connectivity index (χ4v) is 3.91. The molecule has 0 fully saturated rings. The number of benzene rings is 2. The fraction of sp³-hybridized carbons (Fsp3) is 0.190. The van der Waals surface area contributed by atoms with Crippen LogP contribution in [0.15, 0.2) is 76.4 Å². The maximum absolute atomic E-state index is 13.4. The summed E-state index contributed by atoms with van der Waals surface area (Å²) in [5.74, 6) is -1.47. The third-order valence-electron chi connectivity index (χ3n) is 4.66. The number of nitrogens with one attached hydrogen (secondary N) is 2. The third-order valence-corrected chi connectivity index (χ3v) is 5.90. The molecule has 0 saturated carbocycles. The van der Waals surface area contributed by atoms with E-state index in [9.17, 15) is 19.2 Å². The Labute approximate surface area is 233 Å². The highest BCUT2D eigenvalue weighted by molar-refractivity contribution is 6.68. The van der Waals surface area contributed by atoms with Crippen LogP contribution < -0.4 is 21.9 Å². The van der Waals surface area contributed by atoms with Crippen LogP contribution in [0, 0.1) is 0 Å². The van der Waals surface area contributed by atoms with Crippen LogP contribution in [0.1, 0.15) is 33.0 Å². The number of alkyl halides is 6. The van der Waals surface area contributed by atoms with E-state index in [1.165, 1.54) is 24.3 Å². The molecule has 0 aliphatic rings. The number of aromatic nitrogens is 3. The molecule has 3 aromatic rings. The lowest BCUT2D eigenvalue weighted by Crippen LogP contribution is -2.55. The number of hydrogen-bond donors (Lipinski definition) is 2. The zero-order valence-electron chi connectivity index (χ0n) is 17.7. The molecule has 0 aliphatic carbocycles. The average Bonchev–Trinajstić information content (AvgIpc) is 2.82. The normalized spacial score (nSPS) is 13.5.